The van der Waals surface area contributed by atoms with Gasteiger partial charge in [-0.05, 0) is 25.0 Å². The monoisotopic (exact) mass is 329 g/mol. The maximum Gasteiger partial charge on any atom is 0.339 e. The van der Waals surface area contributed by atoms with Crippen LogP contribution in [0, 0.1) is 13.8 Å². The largest absolute Gasteiger partial charge is 0.465 e. The molecule has 2 aromatic rings. The average molecular weight is 329 g/mol. The van der Waals surface area contributed by atoms with Crippen LogP contribution in [0.2, 0.25) is 0 Å². The van der Waals surface area contributed by atoms with Gasteiger partial charge in [-0.3, -0.25) is 4.79 Å². The third-order valence-corrected chi connectivity index (χ3v) is 4.37. The van der Waals surface area contributed by atoms with Crippen molar-refractivity contribution in [3.05, 3.63) is 58.4 Å². The number of esters is 1. The molecule has 0 bridgehead atoms. The van der Waals surface area contributed by atoms with E-state index in [0.717, 1.165) is 10.5 Å². The Bertz CT molecular complexity index is 733. The molecule has 128 valence electrons. The number of carbonyl (C=O) groups is 2. The van der Waals surface area contributed by atoms with Crippen LogP contribution in [0.25, 0.3) is 0 Å². The third-order valence-electron chi connectivity index (χ3n) is 4.37. The minimum atomic E-state index is -0.419. The first-order valence-electron chi connectivity index (χ1n) is 8.02. The van der Waals surface area contributed by atoms with Gasteiger partial charge < -0.3 is 14.6 Å². The second-order valence-corrected chi connectivity index (χ2v) is 6.30. The summed E-state index contributed by atoms with van der Waals surface area (Å²) in [5.41, 5.74) is 3.38. The van der Waals surface area contributed by atoms with Gasteiger partial charge in [0.25, 0.3) is 0 Å². The van der Waals surface area contributed by atoms with Crippen molar-refractivity contribution in [3.8, 4) is 0 Å². The van der Waals surface area contributed by atoms with Gasteiger partial charge >= 0.3 is 5.97 Å². The first-order chi connectivity index (χ1) is 11.4. The van der Waals surface area contributed by atoms with Gasteiger partial charge in [0.2, 0.25) is 5.78 Å². The number of aromatic amines is 1. The lowest BCUT2D eigenvalue weighted by atomic mass is 9.97. The highest BCUT2D eigenvalue weighted by atomic mass is 16.5. The van der Waals surface area contributed by atoms with Gasteiger partial charge in [-0.25, -0.2) is 4.79 Å². The van der Waals surface area contributed by atoms with Gasteiger partial charge in [-0.1, -0.05) is 30.3 Å². The Hall–Kier alpha value is -2.40. The summed E-state index contributed by atoms with van der Waals surface area (Å²) < 4.78 is 4.82. The molecule has 2 N–H and O–H groups in total. The number of hydrogen-bond acceptors (Lipinski definition) is 3. The summed E-state index contributed by atoms with van der Waals surface area (Å²) in [6.45, 7) is 3.57. The van der Waals surface area contributed by atoms with Crippen molar-refractivity contribution < 1.29 is 19.2 Å². The molecule has 5 heteroatoms. The molecule has 1 aromatic heterocycles. The molecule has 5 nitrogen and oxygen atoms in total. The predicted molar refractivity (Wildman–Crippen MR) is 92.7 cm³/mol. The minimum absolute atomic E-state index is 0.00889. The SMILES string of the molecule is COC(=O)c1c(C)[nH]c(C(=O)[C@@H](Cc2ccccc2)[NH+](C)C)c1C. The topological polar surface area (TPSA) is 63.6 Å². The summed E-state index contributed by atoms with van der Waals surface area (Å²) in [5.74, 6) is -0.410. The number of aryl methyl sites for hydroxylation is 1. The van der Waals surface area contributed by atoms with Crippen LogP contribution in [-0.4, -0.2) is 44.0 Å². The van der Waals surface area contributed by atoms with Crippen molar-refractivity contribution in [2.75, 3.05) is 21.2 Å². The van der Waals surface area contributed by atoms with E-state index < -0.39 is 5.97 Å². The number of H-pyrrole nitrogens is 1. The molecule has 0 amide bonds. The van der Waals surface area contributed by atoms with Crippen LogP contribution in [0.4, 0.5) is 0 Å². The number of rotatable bonds is 6. The summed E-state index contributed by atoms with van der Waals surface area (Å²) >= 11 is 0. The second-order valence-electron chi connectivity index (χ2n) is 6.30. The van der Waals surface area contributed by atoms with Crippen LogP contribution in [0.1, 0.15) is 37.7 Å². The maximum absolute atomic E-state index is 13.1. The molecular formula is C19H25N2O3+. The van der Waals surface area contributed by atoms with Crippen LogP contribution >= 0.6 is 0 Å². The van der Waals surface area contributed by atoms with Crippen LogP contribution in [0.5, 0.6) is 0 Å². The fraction of sp³-hybridized carbons (Fsp3) is 0.368. The van der Waals surface area contributed by atoms with Gasteiger partial charge in [-0.2, -0.15) is 0 Å². The average Bonchev–Trinajstić information content (AvgIpc) is 2.86. The van der Waals surface area contributed by atoms with Gasteiger partial charge in [0.1, 0.15) is 0 Å². The number of Topliss-reactive ketones (excluding diaryl/α,β-unsaturated/α-hetero) is 1. The Balaban J connectivity index is 2.36. The van der Waals surface area contributed by atoms with Gasteiger partial charge in [0.05, 0.1) is 32.5 Å². The van der Waals surface area contributed by atoms with Crippen molar-refractivity contribution in [1.29, 1.82) is 0 Å². The van der Waals surface area contributed by atoms with Crippen molar-refractivity contribution in [2.45, 2.75) is 26.3 Å². The van der Waals surface area contributed by atoms with Crippen molar-refractivity contribution in [2.24, 2.45) is 0 Å². The minimum Gasteiger partial charge on any atom is -0.465 e. The summed E-state index contributed by atoms with van der Waals surface area (Å²) in [6, 6.07) is 9.73. The van der Waals surface area contributed by atoms with Crippen molar-refractivity contribution in [3.63, 3.8) is 0 Å². The summed E-state index contributed by atoms with van der Waals surface area (Å²) in [6.07, 6.45) is 0.646. The molecule has 0 saturated carbocycles. The lowest BCUT2D eigenvalue weighted by Gasteiger charge is -2.20. The van der Waals surface area contributed by atoms with Gasteiger partial charge in [0.15, 0.2) is 6.04 Å². The Labute approximate surface area is 142 Å². The van der Waals surface area contributed by atoms with E-state index in [2.05, 4.69) is 4.98 Å². The zero-order valence-corrected chi connectivity index (χ0v) is 14.9. The number of benzene rings is 1. The number of quaternary nitrogens is 1. The number of methoxy groups -OCH3 is 1. The van der Waals surface area contributed by atoms with E-state index in [-0.39, 0.29) is 11.8 Å². The third kappa shape index (κ3) is 3.57. The molecular weight excluding hydrogens is 304 g/mol. The van der Waals surface area contributed by atoms with Gasteiger partial charge in [-0.15, -0.1) is 0 Å². The molecule has 0 radical (unpaired) electrons. The second kappa shape index (κ2) is 7.45. The Morgan fingerprint density at radius 2 is 1.79 bits per heavy atom. The number of nitrogens with one attached hydrogen (secondary N) is 2. The number of aromatic nitrogens is 1. The van der Waals surface area contributed by atoms with E-state index in [9.17, 15) is 9.59 Å². The van der Waals surface area contributed by atoms with Crippen LogP contribution < -0.4 is 4.90 Å². The van der Waals surface area contributed by atoms with Crippen LogP contribution in [0.3, 0.4) is 0 Å². The maximum atomic E-state index is 13.1. The number of ether oxygens (including phenoxy) is 1. The molecule has 0 aliphatic rings. The molecule has 0 spiro atoms. The fourth-order valence-electron chi connectivity index (χ4n) is 2.99. The van der Waals surface area contributed by atoms with Crippen LogP contribution in [0.15, 0.2) is 30.3 Å². The molecule has 1 heterocycles. The van der Waals surface area contributed by atoms with Crippen molar-refractivity contribution >= 4 is 11.8 Å². The molecule has 0 aliphatic heterocycles. The lowest BCUT2D eigenvalue weighted by Crippen LogP contribution is -3.11. The first kappa shape index (κ1) is 17.9. The number of likely N-dealkylation sites (N-methyl/N-ethyl adjacent to an activating group) is 1. The standard InChI is InChI=1S/C19H24N2O3/c1-12-16(19(23)24-5)13(2)20-17(12)18(22)15(21(3)4)11-14-9-7-6-8-10-14/h6-10,15,20H,11H2,1-5H3/p+1/t15-/m1/s1. The zero-order valence-electron chi connectivity index (χ0n) is 14.9. The first-order valence-corrected chi connectivity index (χ1v) is 8.02. The Kier molecular flexibility index (Phi) is 5.57. The summed E-state index contributed by atoms with van der Waals surface area (Å²) in [7, 11) is 5.29. The lowest BCUT2D eigenvalue weighted by molar-refractivity contribution is -0.874. The molecule has 0 fully saturated rings. The van der Waals surface area contributed by atoms with Crippen LogP contribution in [-0.2, 0) is 11.2 Å². The highest BCUT2D eigenvalue weighted by Gasteiger charge is 2.31. The molecule has 0 saturated heterocycles. The van der Waals surface area contributed by atoms with Crippen molar-refractivity contribution in [1.82, 2.24) is 4.98 Å². The zero-order chi connectivity index (χ0) is 17.9. The molecule has 0 unspecified atom stereocenters. The van der Waals surface area contributed by atoms with Gasteiger partial charge in [0, 0.05) is 12.1 Å². The Morgan fingerprint density at radius 1 is 1.17 bits per heavy atom. The highest BCUT2D eigenvalue weighted by molar-refractivity contribution is 6.03. The quantitative estimate of drug-likeness (QED) is 0.621. The van der Waals surface area contributed by atoms with E-state index in [1.807, 2.05) is 44.4 Å². The summed E-state index contributed by atoms with van der Waals surface area (Å²) in [5, 5.41) is 0. The normalized spacial score (nSPS) is 12.2. The Morgan fingerprint density at radius 3 is 2.33 bits per heavy atom. The molecule has 2 rings (SSSR count). The molecule has 24 heavy (non-hydrogen) atoms. The number of hydrogen-bond donors (Lipinski definition) is 2. The van der Waals surface area contributed by atoms with E-state index in [4.69, 9.17) is 4.74 Å². The van der Waals surface area contributed by atoms with E-state index >= 15 is 0 Å². The smallest absolute Gasteiger partial charge is 0.339 e. The highest BCUT2D eigenvalue weighted by Crippen LogP contribution is 2.20. The van der Waals surface area contributed by atoms with E-state index in [0.29, 0.717) is 28.9 Å². The molecule has 1 atom stereocenters. The van der Waals surface area contributed by atoms with E-state index in [1.165, 1.54) is 7.11 Å². The van der Waals surface area contributed by atoms with E-state index in [1.54, 1.807) is 13.8 Å². The molecule has 1 aromatic carbocycles. The molecule has 0 aliphatic carbocycles. The predicted octanol–water partition coefficient (Wildman–Crippen LogP) is 1.36. The summed E-state index contributed by atoms with van der Waals surface area (Å²) in [4.78, 5) is 29.1. The fourth-order valence-corrected chi connectivity index (χ4v) is 2.99. The number of carbonyl (C=O) groups excluding carboxylic acids is 2. The number of ketones is 1.